The maximum absolute atomic E-state index is 12.4. The quantitative estimate of drug-likeness (QED) is 0.816. The van der Waals surface area contributed by atoms with E-state index >= 15 is 0 Å². The molecule has 0 unspecified atom stereocenters. The zero-order valence-electron chi connectivity index (χ0n) is 11.9. The van der Waals surface area contributed by atoms with E-state index in [0.717, 1.165) is 17.1 Å². The van der Waals surface area contributed by atoms with Gasteiger partial charge in [-0.25, -0.2) is 13.1 Å². The molecule has 1 heterocycles. The van der Waals surface area contributed by atoms with E-state index in [2.05, 4.69) is 20.7 Å². The Bertz CT molecular complexity index is 593. The van der Waals surface area contributed by atoms with Gasteiger partial charge in [0.1, 0.15) is 0 Å². The average molecular weight is 375 g/mol. The second kappa shape index (κ2) is 6.89. The summed E-state index contributed by atoms with van der Waals surface area (Å²) in [6.07, 6.45) is 2.46. The molecule has 0 atom stereocenters. The molecule has 1 N–H and O–H groups in total. The molecule has 1 saturated heterocycles. The van der Waals surface area contributed by atoms with Gasteiger partial charge in [-0.2, -0.15) is 0 Å². The first-order chi connectivity index (χ1) is 9.89. The van der Waals surface area contributed by atoms with Gasteiger partial charge in [-0.15, -0.1) is 0 Å². The lowest BCUT2D eigenvalue weighted by atomic mass is 10.0. The van der Waals surface area contributed by atoms with Crippen molar-refractivity contribution in [3.63, 3.8) is 0 Å². The summed E-state index contributed by atoms with van der Waals surface area (Å²) in [5.74, 6) is 0.00827. The number of carbonyl (C=O) groups excluding carboxylic acids is 1. The average Bonchev–Trinajstić information content (AvgIpc) is 2.46. The van der Waals surface area contributed by atoms with Gasteiger partial charge in [0.25, 0.3) is 5.91 Å². The number of rotatable bonds is 4. The Labute approximate surface area is 133 Å². The third kappa shape index (κ3) is 4.79. The Hall–Kier alpha value is -0.920. The number of nitrogens with one attached hydrogen (secondary N) is 1. The standard InChI is InChI=1S/C14H19BrN2O3S/c1-21(19,20)16-13-6-8-17(9-7-13)14(18)12-4-2-11(10-15)3-5-12/h2-5,13,16H,6-10H2,1H3. The van der Waals surface area contributed by atoms with Gasteiger partial charge >= 0.3 is 0 Å². The van der Waals surface area contributed by atoms with Gasteiger partial charge in [0.05, 0.1) is 6.26 Å². The summed E-state index contributed by atoms with van der Waals surface area (Å²) in [6, 6.07) is 7.46. The number of amides is 1. The van der Waals surface area contributed by atoms with Crippen molar-refractivity contribution in [2.75, 3.05) is 19.3 Å². The molecule has 1 fully saturated rings. The molecule has 7 heteroatoms. The minimum Gasteiger partial charge on any atom is -0.339 e. The lowest BCUT2D eigenvalue weighted by molar-refractivity contribution is 0.0711. The van der Waals surface area contributed by atoms with Crippen LogP contribution in [0.3, 0.4) is 0 Å². The zero-order chi connectivity index (χ0) is 15.5. The second-order valence-corrected chi connectivity index (χ2v) is 7.63. The molecule has 21 heavy (non-hydrogen) atoms. The van der Waals surface area contributed by atoms with Crippen LogP contribution in [0.1, 0.15) is 28.8 Å². The summed E-state index contributed by atoms with van der Waals surface area (Å²) in [7, 11) is -3.18. The molecule has 2 rings (SSSR count). The maximum atomic E-state index is 12.4. The first-order valence-electron chi connectivity index (χ1n) is 6.80. The van der Waals surface area contributed by atoms with Crippen LogP contribution in [0.5, 0.6) is 0 Å². The number of likely N-dealkylation sites (tertiary alicyclic amines) is 1. The molecular weight excluding hydrogens is 356 g/mol. The van der Waals surface area contributed by atoms with E-state index in [9.17, 15) is 13.2 Å². The van der Waals surface area contributed by atoms with Crippen molar-refractivity contribution in [2.24, 2.45) is 0 Å². The minimum absolute atomic E-state index is 0.00827. The van der Waals surface area contributed by atoms with Crippen molar-refractivity contribution in [3.8, 4) is 0 Å². The summed E-state index contributed by atoms with van der Waals surface area (Å²) in [6.45, 7) is 1.15. The van der Waals surface area contributed by atoms with Crippen molar-refractivity contribution < 1.29 is 13.2 Å². The van der Waals surface area contributed by atoms with E-state index in [4.69, 9.17) is 0 Å². The predicted octanol–water partition coefficient (Wildman–Crippen LogP) is 1.74. The van der Waals surface area contributed by atoms with Crippen LogP contribution in [0.15, 0.2) is 24.3 Å². The number of benzene rings is 1. The highest BCUT2D eigenvalue weighted by Crippen LogP contribution is 2.15. The van der Waals surface area contributed by atoms with E-state index < -0.39 is 10.0 Å². The number of carbonyl (C=O) groups is 1. The number of halogens is 1. The van der Waals surface area contributed by atoms with Crippen LogP contribution in [0, 0.1) is 0 Å². The molecule has 116 valence electrons. The molecule has 1 aliphatic rings. The first kappa shape index (κ1) is 16.5. The van der Waals surface area contributed by atoms with Crippen LogP contribution in [-0.2, 0) is 15.4 Å². The largest absolute Gasteiger partial charge is 0.339 e. The molecule has 0 bridgehead atoms. The van der Waals surface area contributed by atoms with Gasteiger partial charge in [0.2, 0.25) is 10.0 Å². The molecule has 1 aromatic rings. The summed E-state index contributed by atoms with van der Waals surface area (Å²) >= 11 is 3.37. The third-order valence-electron chi connectivity index (χ3n) is 3.52. The molecule has 1 aliphatic heterocycles. The third-order valence-corrected chi connectivity index (χ3v) is 4.93. The molecule has 0 aromatic heterocycles. The SMILES string of the molecule is CS(=O)(=O)NC1CCN(C(=O)c2ccc(CBr)cc2)CC1. The molecule has 0 aliphatic carbocycles. The van der Waals surface area contributed by atoms with Gasteiger partial charge in [0.15, 0.2) is 0 Å². The highest BCUT2D eigenvalue weighted by Gasteiger charge is 2.25. The fourth-order valence-corrected chi connectivity index (χ4v) is 3.64. The molecule has 0 spiro atoms. The molecule has 0 radical (unpaired) electrons. The molecule has 1 amide bonds. The number of alkyl halides is 1. The summed E-state index contributed by atoms with van der Waals surface area (Å²) in [5, 5.41) is 0.768. The first-order valence-corrected chi connectivity index (χ1v) is 9.82. The van der Waals surface area contributed by atoms with Gasteiger partial charge < -0.3 is 4.90 Å². The van der Waals surface area contributed by atoms with Crippen LogP contribution in [-0.4, -0.2) is 44.6 Å². The summed E-state index contributed by atoms with van der Waals surface area (Å²) < 4.78 is 25.0. The van der Waals surface area contributed by atoms with Crippen molar-refractivity contribution in [2.45, 2.75) is 24.2 Å². The van der Waals surface area contributed by atoms with Crippen molar-refractivity contribution in [3.05, 3.63) is 35.4 Å². The summed E-state index contributed by atoms with van der Waals surface area (Å²) in [4.78, 5) is 14.1. The monoisotopic (exact) mass is 374 g/mol. The number of hydrogen-bond donors (Lipinski definition) is 1. The van der Waals surface area contributed by atoms with Crippen LogP contribution >= 0.6 is 15.9 Å². The van der Waals surface area contributed by atoms with E-state index in [0.29, 0.717) is 31.5 Å². The zero-order valence-corrected chi connectivity index (χ0v) is 14.3. The van der Waals surface area contributed by atoms with Gasteiger partial charge in [-0.1, -0.05) is 28.1 Å². The highest BCUT2D eigenvalue weighted by molar-refractivity contribution is 9.08. The number of piperidine rings is 1. The lowest BCUT2D eigenvalue weighted by Gasteiger charge is -2.32. The number of sulfonamides is 1. The lowest BCUT2D eigenvalue weighted by Crippen LogP contribution is -2.46. The molecule has 0 saturated carbocycles. The number of hydrogen-bond acceptors (Lipinski definition) is 3. The van der Waals surface area contributed by atoms with Gasteiger partial charge in [-0.3, -0.25) is 4.79 Å². The Morgan fingerprint density at radius 1 is 1.29 bits per heavy atom. The highest BCUT2D eigenvalue weighted by atomic mass is 79.9. The molecule has 5 nitrogen and oxygen atoms in total. The smallest absolute Gasteiger partial charge is 0.253 e. The number of nitrogens with zero attached hydrogens (tertiary/aromatic N) is 1. The van der Waals surface area contributed by atoms with E-state index in [1.54, 1.807) is 4.90 Å². The van der Waals surface area contributed by atoms with Crippen LogP contribution < -0.4 is 4.72 Å². The molecule has 1 aromatic carbocycles. The predicted molar refractivity (Wildman–Crippen MR) is 86.0 cm³/mol. The Morgan fingerprint density at radius 3 is 2.33 bits per heavy atom. The second-order valence-electron chi connectivity index (χ2n) is 5.29. The Balaban J connectivity index is 1.93. The van der Waals surface area contributed by atoms with E-state index in [1.807, 2.05) is 24.3 Å². The van der Waals surface area contributed by atoms with Crippen molar-refractivity contribution >= 4 is 31.9 Å². The van der Waals surface area contributed by atoms with Gasteiger partial charge in [0, 0.05) is 30.0 Å². The normalized spacial score (nSPS) is 17.0. The van der Waals surface area contributed by atoms with Crippen molar-refractivity contribution in [1.82, 2.24) is 9.62 Å². The minimum atomic E-state index is -3.18. The van der Waals surface area contributed by atoms with Gasteiger partial charge in [-0.05, 0) is 30.5 Å². The topological polar surface area (TPSA) is 66.5 Å². The van der Waals surface area contributed by atoms with Crippen LogP contribution in [0.25, 0.3) is 0 Å². The Kier molecular flexibility index (Phi) is 5.40. The fraction of sp³-hybridized carbons (Fsp3) is 0.500. The fourth-order valence-electron chi connectivity index (χ4n) is 2.42. The van der Waals surface area contributed by atoms with Crippen LogP contribution in [0.2, 0.25) is 0 Å². The van der Waals surface area contributed by atoms with Crippen LogP contribution in [0.4, 0.5) is 0 Å². The van der Waals surface area contributed by atoms with Crippen molar-refractivity contribution in [1.29, 1.82) is 0 Å². The van der Waals surface area contributed by atoms with E-state index in [-0.39, 0.29) is 11.9 Å². The maximum Gasteiger partial charge on any atom is 0.253 e. The molecular formula is C14H19BrN2O3S. The van der Waals surface area contributed by atoms with E-state index in [1.165, 1.54) is 0 Å². The summed E-state index contributed by atoms with van der Waals surface area (Å²) in [5.41, 5.74) is 1.80. The Morgan fingerprint density at radius 2 is 1.86 bits per heavy atom.